The van der Waals surface area contributed by atoms with E-state index in [1.54, 1.807) is 0 Å². The molecule has 2 fully saturated rings. The number of hydrogen-bond acceptors (Lipinski definition) is 7. The van der Waals surface area contributed by atoms with Gasteiger partial charge in [-0.25, -0.2) is 22.2 Å². The maximum absolute atomic E-state index is 13.9. The van der Waals surface area contributed by atoms with Crippen LogP contribution in [0.15, 0.2) is 24.3 Å². The molecule has 0 amide bonds. The van der Waals surface area contributed by atoms with Gasteiger partial charge in [-0.15, -0.1) is 0 Å². The Kier molecular flexibility index (Phi) is 6.59. The Morgan fingerprint density at radius 3 is 2.25 bits per heavy atom. The molecule has 0 spiro atoms. The third-order valence-electron chi connectivity index (χ3n) is 5.92. The van der Waals surface area contributed by atoms with Gasteiger partial charge in [0.05, 0.1) is 5.75 Å². The van der Waals surface area contributed by atoms with Crippen LogP contribution >= 0.6 is 0 Å². The Morgan fingerprint density at radius 1 is 0.906 bits per heavy atom. The zero-order valence-electron chi connectivity index (χ0n) is 18.3. The second-order valence-corrected chi connectivity index (χ2v) is 10.3. The Balaban J connectivity index is 1.42. The number of halogens is 2. The maximum atomic E-state index is 13.9. The molecular formula is C21H28F2N6O2S. The van der Waals surface area contributed by atoms with Crippen molar-refractivity contribution in [1.82, 2.24) is 19.2 Å². The van der Waals surface area contributed by atoms with E-state index in [4.69, 9.17) is 4.98 Å². The van der Waals surface area contributed by atoms with Crippen molar-refractivity contribution in [1.29, 1.82) is 0 Å². The normalized spacial score (nSPS) is 18.9. The van der Waals surface area contributed by atoms with Crippen molar-refractivity contribution in [2.24, 2.45) is 0 Å². The number of benzene rings is 1. The van der Waals surface area contributed by atoms with Crippen molar-refractivity contribution in [3.05, 3.63) is 47.2 Å². The fraction of sp³-hybridized carbons (Fsp3) is 0.524. The van der Waals surface area contributed by atoms with E-state index in [0.29, 0.717) is 19.0 Å². The predicted octanol–water partition coefficient (Wildman–Crippen LogP) is 1.47. The molecule has 2 aliphatic rings. The van der Waals surface area contributed by atoms with E-state index in [-0.39, 0.29) is 18.7 Å². The predicted molar refractivity (Wildman–Crippen MR) is 119 cm³/mol. The summed E-state index contributed by atoms with van der Waals surface area (Å²) in [6.07, 6.45) is 0. The zero-order chi connectivity index (χ0) is 22.9. The first kappa shape index (κ1) is 22.8. The second-order valence-electron chi connectivity index (χ2n) is 8.34. The van der Waals surface area contributed by atoms with Crippen LogP contribution in [0.4, 0.5) is 20.5 Å². The molecule has 4 rings (SSSR count). The summed E-state index contributed by atoms with van der Waals surface area (Å²) in [7, 11) is -1.67. The summed E-state index contributed by atoms with van der Waals surface area (Å²) in [6, 6.07) is 4.83. The van der Waals surface area contributed by atoms with Gasteiger partial charge >= 0.3 is 0 Å². The summed E-state index contributed by atoms with van der Waals surface area (Å²) < 4.78 is 54.2. The van der Waals surface area contributed by atoms with Crippen LogP contribution in [-0.4, -0.2) is 87.0 Å². The highest BCUT2D eigenvalue weighted by Crippen LogP contribution is 2.22. The third kappa shape index (κ3) is 5.16. The van der Waals surface area contributed by atoms with E-state index < -0.39 is 27.4 Å². The van der Waals surface area contributed by atoms with E-state index in [1.807, 2.05) is 17.9 Å². The van der Waals surface area contributed by atoms with Gasteiger partial charge in [-0.2, -0.15) is 9.29 Å². The number of rotatable bonds is 5. The van der Waals surface area contributed by atoms with Gasteiger partial charge in [0.15, 0.2) is 0 Å². The topological polar surface area (TPSA) is 72.9 Å². The number of nitrogens with zero attached hydrogens (tertiary/aromatic N) is 6. The van der Waals surface area contributed by atoms with Crippen LogP contribution in [0.1, 0.15) is 11.3 Å². The summed E-state index contributed by atoms with van der Waals surface area (Å²) in [6.45, 7) is 7.00. The van der Waals surface area contributed by atoms with Gasteiger partial charge in [-0.05, 0) is 32.2 Å². The summed E-state index contributed by atoms with van der Waals surface area (Å²) in [5, 5.41) is 0. The van der Waals surface area contributed by atoms with Gasteiger partial charge in [-0.3, -0.25) is 0 Å². The maximum Gasteiger partial charge on any atom is 0.227 e. The Morgan fingerprint density at radius 2 is 1.56 bits per heavy atom. The fourth-order valence-electron chi connectivity index (χ4n) is 3.98. The van der Waals surface area contributed by atoms with Crippen LogP contribution in [0.25, 0.3) is 0 Å². The quantitative estimate of drug-likeness (QED) is 0.661. The first-order valence-electron chi connectivity index (χ1n) is 10.7. The molecular weight excluding hydrogens is 438 g/mol. The van der Waals surface area contributed by atoms with Gasteiger partial charge in [0.2, 0.25) is 16.0 Å². The van der Waals surface area contributed by atoms with Crippen LogP contribution in [-0.2, 0) is 15.8 Å². The molecule has 2 saturated heterocycles. The zero-order valence-corrected chi connectivity index (χ0v) is 19.2. The van der Waals surface area contributed by atoms with Gasteiger partial charge < -0.3 is 14.7 Å². The van der Waals surface area contributed by atoms with E-state index in [9.17, 15) is 17.2 Å². The molecule has 3 heterocycles. The van der Waals surface area contributed by atoms with Crippen molar-refractivity contribution < 1.29 is 17.2 Å². The SMILES string of the molecule is Cc1cc(N2CCN(C)CC2)nc(N2CCN(S(=O)(=O)Cc3cc(F)ccc3F)CC2)n1. The summed E-state index contributed by atoms with van der Waals surface area (Å²) in [5.41, 5.74) is 0.701. The highest BCUT2D eigenvalue weighted by molar-refractivity contribution is 7.88. The van der Waals surface area contributed by atoms with Crippen LogP contribution < -0.4 is 9.80 Å². The molecule has 0 aliphatic carbocycles. The van der Waals surface area contributed by atoms with Crippen molar-refractivity contribution >= 4 is 21.8 Å². The molecule has 0 radical (unpaired) electrons. The summed E-state index contributed by atoms with van der Waals surface area (Å²) >= 11 is 0. The minimum atomic E-state index is -3.77. The van der Waals surface area contributed by atoms with Crippen LogP contribution in [0.5, 0.6) is 0 Å². The van der Waals surface area contributed by atoms with Crippen molar-refractivity contribution in [3.8, 4) is 0 Å². The third-order valence-corrected chi connectivity index (χ3v) is 7.74. The average Bonchev–Trinajstić information content (AvgIpc) is 2.76. The first-order chi connectivity index (χ1) is 15.2. The number of piperazine rings is 2. The van der Waals surface area contributed by atoms with Crippen LogP contribution in [0, 0.1) is 18.6 Å². The molecule has 2 aliphatic heterocycles. The van der Waals surface area contributed by atoms with Crippen molar-refractivity contribution in [3.63, 3.8) is 0 Å². The molecule has 1 aromatic heterocycles. The minimum absolute atomic E-state index is 0.161. The molecule has 11 heteroatoms. The van der Waals surface area contributed by atoms with E-state index in [2.05, 4.69) is 21.8 Å². The Hall–Kier alpha value is -2.37. The number of aryl methyl sites for hydroxylation is 1. The number of sulfonamides is 1. The molecule has 1 aromatic carbocycles. The number of anilines is 2. The van der Waals surface area contributed by atoms with Crippen molar-refractivity contribution in [2.75, 3.05) is 69.2 Å². The molecule has 2 aromatic rings. The smallest absolute Gasteiger partial charge is 0.227 e. The second kappa shape index (κ2) is 9.24. The van der Waals surface area contributed by atoms with Gasteiger partial charge in [0.1, 0.15) is 17.5 Å². The Labute approximate surface area is 187 Å². The lowest BCUT2D eigenvalue weighted by Crippen LogP contribution is -2.49. The van der Waals surface area contributed by atoms with E-state index in [1.165, 1.54) is 4.31 Å². The molecule has 174 valence electrons. The highest BCUT2D eigenvalue weighted by atomic mass is 32.2. The fourth-order valence-corrected chi connectivity index (χ4v) is 5.50. The lowest BCUT2D eigenvalue weighted by molar-refractivity contribution is 0.312. The van der Waals surface area contributed by atoms with E-state index in [0.717, 1.165) is 55.9 Å². The number of hydrogen-bond donors (Lipinski definition) is 0. The lowest BCUT2D eigenvalue weighted by Gasteiger charge is -2.36. The molecule has 0 unspecified atom stereocenters. The first-order valence-corrected chi connectivity index (χ1v) is 12.3. The number of likely N-dealkylation sites (N-methyl/N-ethyl adjacent to an activating group) is 1. The molecule has 0 N–H and O–H groups in total. The minimum Gasteiger partial charge on any atom is -0.354 e. The molecule has 32 heavy (non-hydrogen) atoms. The number of aromatic nitrogens is 2. The standard InChI is InChI=1S/C21H28F2N6O2S/c1-16-13-20(27-7-5-26(2)6-8-27)25-21(24-16)28-9-11-29(12-10-28)32(30,31)15-17-14-18(22)3-4-19(17)23/h3-4,13-14H,5-12,15H2,1-2H3. The molecule has 0 bridgehead atoms. The highest BCUT2D eigenvalue weighted by Gasteiger charge is 2.29. The van der Waals surface area contributed by atoms with Gasteiger partial charge in [0, 0.05) is 69.7 Å². The monoisotopic (exact) mass is 466 g/mol. The summed E-state index contributed by atoms with van der Waals surface area (Å²) in [4.78, 5) is 15.8. The van der Waals surface area contributed by atoms with E-state index >= 15 is 0 Å². The van der Waals surface area contributed by atoms with Gasteiger partial charge in [0.25, 0.3) is 0 Å². The van der Waals surface area contributed by atoms with Gasteiger partial charge in [-0.1, -0.05) is 0 Å². The largest absolute Gasteiger partial charge is 0.354 e. The molecule has 8 nitrogen and oxygen atoms in total. The molecule has 0 atom stereocenters. The Bertz CT molecular complexity index is 1070. The lowest BCUT2D eigenvalue weighted by atomic mass is 10.2. The van der Waals surface area contributed by atoms with Crippen LogP contribution in [0.3, 0.4) is 0 Å². The van der Waals surface area contributed by atoms with Crippen LogP contribution in [0.2, 0.25) is 0 Å². The van der Waals surface area contributed by atoms with Crippen molar-refractivity contribution in [2.45, 2.75) is 12.7 Å². The molecule has 0 saturated carbocycles. The summed E-state index contributed by atoms with van der Waals surface area (Å²) in [5.74, 6) is -0.470. The average molecular weight is 467 g/mol.